The van der Waals surface area contributed by atoms with Crippen molar-refractivity contribution in [2.75, 3.05) is 0 Å². The van der Waals surface area contributed by atoms with E-state index in [9.17, 15) is 0 Å². The van der Waals surface area contributed by atoms with Gasteiger partial charge < -0.3 is 4.74 Å². The Kier molecular flexibility index (Phi) is 3.05. The molecule has 0 N–H and O–H groups in total. The third-order valence-electron chi connectivity index (χ3n) is 4.05. The summed E-state index contributed by atoms with van der Waals surface area (Å²) < 4.78 is 6.28. The van der Waals surface area contributed by atoms with Crippen LogP contribution >= 0.6 is 0 Å². The zero-order chi connectivity index (χ0) is 14.9. The van der Waals surface area contributed by atoms with Gasteiger partial charge in [-0.1, -0.05) is 72.8 Å². The van der Waals surface area contributed by atoms with E-state index in [0.717, 1.165) is 28.2 Å². The van der Waals surface area contributed by atoms with Gasteiger partial charge in [0, 0.05) is 16.7 Å². The summed E-state index contributed by atoms with van der Waals surface area (Å²) in [6.07, 6.45) is 4.24. The van der Waals surface area contributed by atoms with Crippen LogP contribution < -0.4 is 4.74 Å². The summed E-state index contributed by atoms with van der Waals surface area (Å²) in [4.78, 5) is 0. The molecule has 0 bridgehead atoms. The van der Waals surface area contributed by atoms with E-state index in [0.29, 0.717) is 0 Å². The normalized spacial score (nSPS) is 12.0. The molecule has 0 spiro atoms. The molecule has 0 saturated heterocycles. The molecule has 0 saturated carbocycles. The number of aryl methyl sites for hydroxylation is 1. The first-order valence-electron chi connectivity index (χ1n) is 7.47. The van der Waals surface area contributed by atoms with Gasteiger partial charge in [-0.2, -0.15) is 0 Å². The highest BCUT2D eigenvalue weighted by Crippen LogP contribution is 2.41. The predicted molar refractivity (Wildman–Crippen MR) is 92.1 cm³/mol. The van der Waals surface area contributed by atoms with Crippen LogP contribution in [0.25, 0.3) is 23.3 Å². The molecule has 0 aliphatic carbocycles. The molecule has 22 heavy (non-hydrogen) atoms. The largest absolute Gasteiger partial charge is 0.455 e. The van der Waals surface area contributed by atoms with Crippen LogP contribution in [0.4, 0.5) is 0 Å². The molecule has 0 unspecified atom stereocenters. The lowest BCUT2D eigenvalue weighted by Gasteiger charge is -2.15. The van der Waals surface area contributed by atoms with Gasteiger partial charge in [0.25, 0.3) is 0 Å². The number of hydrogen-bond acceptors (Lipinski definition) is 1. The van der Waals surface area contributed by atoms with Crippen LogP contribution in [0, 0.1) is 6.92 Å². The Hall–Kier alpha value is -2.80. The van der Waals surface area contributed by atoms with Gasteiger partial charge in [-0.25, -0.2) is 0 Å². The van der Waals surface area contributed by atoms with Gasteiger partial charge in [0.1, 0.15) is 11.5 Å². The molecule has 1 heterocycles. The van der Waals surface area contributed by atoms with E-state index < -0.39 is 0 Å². The maximum atomic E-state index is 6.28. The monoisotopic (exact) mass is 284 g/mol. The minimum absolute atomic E-state index is 0.901. The van der Waals surface area contributed by atoms with Crippen LogP contribution in [0.3, 0.4) is 0 Å². The van der Waals surface area contributed by atoms with E-state index in [2.05, 4.69) is 67.6 Å². The molecule has 0 fully saturated rings. The number of benzene rings is 3. The molecule has 0 aromatic heterocycles. The average molecular weight is 284 g/mol. The van der Waals surface area contributed by atoms with Crippen LogP contribution in [0.1, 0.15) is 16.7 Å². The molecule has 1 aliphatic heterocycles. The van der Waals surface area contributed by atoms with Gasteiger partial charge in [0.2, 0.25) is 0 Å². The fourth-order valence-corrected chi connectivity index (χ4v) is 2.89. The van der Waals surface area contributed by atoms with Gasteiger partial charge in [-0.05, 0) is 24.1 Å². The molecule has 106 valence electrons. The highest BCUT2D eigenvalue weighted by molar-refractivity contribution is 5.84. The third-order valence-corrected chi connectivity index (χ3v) is 4.05. The van der Waals surface area contributed by atoms with E-state index in [1.165, 1.54) is 11.1 Å². The lowest BCUT2D eigenvalue weighted by molar-refractivity contribution is 0.483. The molecule has 0 atom stereocenters. The molecule has 3 aromatic carbocycles. The highest BCUT2D eigenvalue weighted by atomic mass is 16.5. The molecule has 4 rings (SSSR count). The van der Waals surface area contributed by atoms with Crippen molar-refractivity contribution < 1.29 is 4.74 Å². The van der Waals surface area contributed by atoms with Gasteiger partial charge in [0.15, 0.2) is 0 Å². The zero-order valence-corrected chi connectivity index (χ0v) is 12.4. The Balaban J connectivity index is 1.94. The Labute approximate surface area is 130 Å². The molecule has 1 aliphatic rings. The summed E-state index contributed by atoms with van der Waals surface area (Å²) in [5, 5.41) is 0. The molecule has 3 aromatic rings. The lowest BCUT2D eigenvalue weighted by Crippen LogP contribution is -1.92. The summed E-state index contributed by atoms with van der Waals surface area (Å²) in [5.41, 5.74) is 5.82. The summed E-state index contributed by atoms with van der Waals surface area (Å²) in [5.74, 6) is 1.83. The van der Waals surface area contributed by atoms with Crippen LogP contribution in [0.5, 0.6) is 11.5 Å². The van der Waals surface area contributed by atoms with Crippen molar-refractivity contribution in [3.8, 4) is 22.6 Å². The highest BCUT2D eigenvalue weighted by Gasteiger charge is 2.16. The van der Waals surface area contributed by atoms with E-state index in [1.807, 2.05) is 18.2 Å². The van der Waals surface area contributed by atoms with Gasteiger partial charge in [0.05, 0.1) is 0 Å². The Morgan fingerprint density at radius 2 is 1.32 bits per heavy atom. The second-order valence-corrected chi connectivity index (χ2v) is 5.51. The van der Waals surface area contributed by atoms with E-state index in [1.54, 1.807) is 0 Å². The van der Waals surface area contributed by atoms with Crippen molar-refractivity contribution in [3.63, 3.8) is 0 Å². The second kappa shape index (κ2) is 5.19. The van der Waals surface area contributed by atoms with Gasteiger partial charge in [-0.3, -0.25) is 0 Å². The average Bonchev–Trinajstić information content (AvgIpc) is 2.74. The van der Waals surface area contributed by atoms with Crippen molar-refractivity contribution in [1.29, 1.82) is 0 Å². The zero-order valence-electron chi connectivity index (χ0n) is 12.4. The molecule has 0 radical (unpaired) electrons. The van der Waals surface area contributed by atoms with Crippen molar-refractivity contribution in [2.45, 2.75) is 6.92 Å². The predicted octanol–water partition coefficient (Wildman–Crippen LogP) is 5.94. The van der Waals surface area contributed by atoms with Crippen molar-refractivity contribution in [2.24, 2.45) is 0 Å². The summed E-state index contributed by atoms with van der Waals surface area (Å²) in [7, 11) is 0. The maximum absolute atomic E-state index is 6.28. The molecular weight excluding hydrogens is 268 g/mol. The fourth-order valence-electron chi connectivity index (χ4n) is 2.89. The Bertz CT molecular complexity index is 875. The smallest absolute Gasteiger partial charge is 0.142 e. The van der Waals surface area contributed by atoms with Crippen LogP contribution in [0.15, 0.2) is 66.7 Å². The lowest BCUT2D eigenvalue weighted by atomic mass is 9.97. The Morgan fingerprint density at radius 1 is 0.636 bits per heavy atom. The van der Waals surface area contributed by atoms with E-state index >= 15 is 0 Å². The van der Waals surface area contributed by atoms with E-state index in [-0.39, 0.29) is 0 Å². The van der Waals surface area contributed by atoms with Gasteiger partial charge >= 0.3 is 0 Å². The number of fused-ring (bicyclic) bond motifs is 2. The van der Waals surface area contributed by atoms with Gasteiger partial charge in [-0.15, -0.1) is 0 Å². The summed E-state index contributed by atoms with van der Waals surface area (Å²) >= 11 is 0. The maximum Gasteiger partial charge on any atom is 0.142 e. The molecule has 0 amide bonds. The second-order valence-electron chi connectivity index (χ2n) is 5.51. The summed E-state index contributed by atoms with van der Waals surface area (Å²) in [6.45, 7) is 2.13. The third kappa shape index (κ3) is 2.11. The van der Waals surface area contributed by atoms with Crippen LogP contribution in [0.2, 0.25) is 0 Å². The number of ether oxygens (including phenoxy) is 1. The SMILES string of the molecule is Cc1ccccc1-c1cccc2c1Oc1ccccc1C=C2. The standard InChI is InChI=1S/C21H16O/c1-15-7-2-4-10-18(15)19-11-6-9-17-14-13-16-8-3-5-12-20(16)22-21(17)19/h2-14H,1H3. The summed E-state index contributed by atoms with van der Waals surface area (Å²) in [6, 6.07) is 22.9. The molecular formula is C21H16O. The first-order chi connectivity index (χ1) is 10.8. The Morgan fingerprint density at radius 3 is 2.23 bits per heavy atom. The van der Waals surface area contributed by atoms with E-state index in [4.69, 9.17) is 4.74 Å². The van der Waals surface area contributed by atoms with Crippen molar-refractivity contribution in [1.82, 2.24) is 0 Å². The van der Waals surface area contributed by atoms with Crippen LogP contribution in [-0.4, -0.2) is 0 Å². The van der Waals surface area contributed by atoms with Crippen molar-refractivity contribution >= 4 is 12.2 Å². The quantitative estimate of drug-likeness (QED) is 0.420. The topological polar surface area (TPSA) is 9.23 Å². The molecule has 1 heteroatoms. The minimum atomic E-state index is 0.901. The number of rotatable bonds is 1. The number of para-hydroxylation sites is 2. The minimum Gasteiger partial charge on any atom is -0.455 e. The number of hydrogen-bond donors (Lipinski definition) is 0. The van der Waals surface area contributed by atoms with Crippen molar-refractivity contribution in [3.05, 3.63) is 83.4 Å². The van der Waals surface area contributed by atoms with Crippen LogP contribution in [-0.2, 0) is 0 Å². The molecule has 1 nitrogen and oxygen atoms in total. The first-order valence-corrected chi connectivity index (χ1v) is 7.47. The fraction of sp³-hybridized carbons (Fsp3) is 0.0476. The first kappa shape index (κ1) is 12.9.